The standard InChI is InChI=1S/C18H11Cl3O4/c1-9-5-15-11(7-14(9)21)10(6-16(22)25-15)8-24-18(23)17-12(19)3-2-4-13(17)20/h2-7H,8H2,1H3. The summed E-state index contributed by atoms with van der Waals surface area (Å²) in [5.74, 6) is -0.685. The molecule has 7 heteroatoms. The number of halogens is 3. The molecule has 1 heterocycles. The Hall–Kier alpha value is -2.01. The van der Waals surface area contributed by atoms with Crippen molar-refractivity contribution in [2.75, 3.05) is 0 Å². The van der Waals surface area contributed by atoms with E-state index in [2.05, 4.69) is 0 Å². The Morgan fingerprint density at radius 3 is 2.44 bits per heavy atom. The van der Waals surface area contributed by atoms with E-state index in [4.69, 9.17) is 44.0 Å². The van der Waals surface area contributed by atoms with Crippen LogP contribution in [0.15, 0.2) is 45.6 Å². The number of rotatable bonds is 3. The summed E-state index contributed by atoms with van der Waals surface area (Å²) in [5, 5.41) is 1.48. The Bertz CT molecular complexity index is 1020. The van der Waals surface area contributed by atoms with Gasteiger partial charge in [-0.1, -0.05) is 40.9 Å². The van der Waals surface area contributed by atoms with Gasteiger partial charge in [-0.2, -0.15) is 0 Å². The van der Waals surface area contributed by atoms with Gasteiger partial charge in [0.2, 0.25) is 0 Å². The van der Waals surface area contributed by atoms with Crippen LogP contribution in [0.25, 0.3) is 11.0 Å². The zero-order chi connectivity index (χ0) is 18.1. The third-order valence-electron chi connectivity index (χ3n) is 3.64. The summed E-state index contributed by atoms with van der Waals surface area (Å²) < 4.78 is 10.4. The molecule has 0 fully saturated rings. The van der Waals surface area contributed by atoms with E-state index in [1.807, 2.05) is 0 Å². The number of aryl methyl sites for hydroxylation is 1. The molecule has 0 atom stereocenters. The predicted octanol–water partition coefficient (Wildman–Crippen LogP) is 5.42. The number of ether oxygens (including phenoxy) is 1. The van der Waals surface area contributed by atoms with Crippen LogP contribution >= 0.6 is 34.8 Å². The van der Waals surface area contributed by atoms with Crippen molar-refractivity contribution in [2.24, 2.45) is 0 Å². The summed E-state index contributed by atoms with van der Waals surface area (Å²) >= 11 is 18.1. The van der Waals surface area contributed by atoms with Crippen molar-refractivity contribution >= 4 is 51.7 Å². The first-order chi connectivity index (χ1) is 11.9. The maximum atomic E-state index is 12.3. The van der Waals surface area contributed by atoms with Crippen LogP contribution in [-0.2, 0) is 11.3 Å². The van der Waals surface area contributed by atoms with Gasteiger partial charge in [-0.3, -0.25) is 0 Å². The summed E-state index contributed by atoms with van der Waals surface area (Å²) in [6.07, 6.45) is 0. The molecule has 0 N–H and O–H groups in total. The molecular weight excluding hydrogens is 387 g/mol. The van der Waals surface area contributed by atoms with E-state index < -0.39 is 11.6 Å². The van der Waals surface area contributed by atoms with E-state index in [0.717, 1.165) is 5.56 Å². The Morgan fingerprint density at radius 2 is 1.76 bits per heavy atom. The van der Waals surface area contributed by atoms with Gasteiger partial charge in [0, 0.05) is 22.0 Å². The number of carbonyl (C=O) groups excluding carboxylic acids is 1. The van der Waals surface area contributed by atoms with E-state index in [1.54, 1.807) is 37.3 Å². The fourth-order valence-corrected chi connectivity index (χ4v) is 3.09. The van der Waals surface area contributed by atoms with E-state index in [-0.39, 0.29) is 22.2 Å². The molecule has 0 radical (unpaired) electrons. The molecule has 0 unspecified atom stereocenters. The van der Waals surface area contributed by atoms with Crippen molar-refractivity contribution in [3.8, 4) is 0 Å². The molecule has 128 valence electrons. The van der Waals surface area contributed by atoms with Gasteiger partial charge < -0.3 is 9.15 Å². The topological polar surface area (TPSA) is 56.5 Å². The Kier molecular flexibility index (Phi) is 5.04. The molecule has 0 saturated carbocycles. The van der Waals surface area contributed by atoms with Crippen LogP contribution in [0.1, 0.15) is 21.5 Å². The number of hydrogen-bond donors (Lipinski definition) is 0. The molecule has 4 nitrogen and oxygen atoms in total. The molecule has 25 heavy (non-hydrogen) atoms. The molecule has 0 amide bonds. The minimum absolute atomic E-state index is 0.0759. The quantitative estimate of drug-likeness (QED) is 0.437. The largest absolute Gasteiger partial charge is 0.457 e. The lowest BCUT2D eigenvalue weighted by Gasteiger charge is -2.10. The lowest BCUT2D eigenvalue weighted by molar-refractivity contribution is 0.0474. The molecular formula is C18H11Cl3O4. The van der Waals surface area contributed by atoms with Crippen molar-refractivity contribution in [3.05, 3.63) is 78.6 Å². The molecule has 0 aliphatic heterocycles. The molecule has 3 aromatic rings. The summed E-state index contributed by atoms with van der Waals surface area (Å²) in [4.78, 5) is 24.0. The van der Waals surface area contributed by atoms with Crippen molar-refractivity contribution in [2.45, 2.75) is 13.5 Å². The molecule has 0 aliphatic rings. The molecule has 0 spiro atoms. The number of esters is 1. The zero-order valence-corrected chi connectivity index (χ0v) is 15.2. The van der Waals surface area contributed by atoms with Crippen LogP contribution in [0.5, 0.6) is 0 Å². The highest BCUT2D eigenvalue weighted by Gasteiger charge is 2.17. The molecule has 1 aromatic heterocycles. The SMILES string of the molecule is Cc1cc2oc(=O)cc(COC(=O)c3c(Cl)cccc3Cl)c2cc1Cl. The van der Waals surface area contributed by atoms with Crippen molar-refractivity contribution in [1.29, 1.82) is 0 Å². The van der Waals surface area contributed by atoms with E-state index in [0.29, 0.717) is 21.6 Å². The third kappa shape index (κ3) is 3.66. The Morgan fingerprint density at radius 1 is 1.08 bits per heavy atom. The normalized spacial score (nSPS) is 10.9. The minimum atomic E-state index is -0.685. The van der Waals surface area contributed by atoms with Gasteiger partial charge in [-0.05, 0) is 36.8 Å². The van der Waals surface area contributed by atoms with Crippen molar-refractivity contribution in [1.82, 2.24) is 0 Å². The number of benzene rings is 2. The van der Waals surface area contributed by atoms with Gasteiger partial charge in [-0.25, -0.2) is 9.59 Å². The number of carbonyl (C=O) groups is 1. The van der Waals surface area contributed by atoms with Gasteiger partial charge in [0.15, 0.2) is 0 Å². The van der Waals surface area contributed by atoms with Crippen LogP contribution in [-0.4, -0.2) is 5.97 Å². The highest BCUT2D eigenvalue weighted by molar-refractivity contribution is 6.39. The molecule has 0 aliphatic carbocycles. The smallest absolute Gasteiger partial charge is 0.341 e. The molecule has 0 bridgehead atoms. The average molecular weight is 398 g/mol. The van der Waals surface area contributed by atoms with Crippen LogP contribution in [0.4, 0.5) is 0 Å². The second-order valence-corrected chi connectivity index (χ2v) is 6.58. The Balaban J connectivity index is 1.95. The van der Waals surface area contributed by atoms with Crippen LogP contribution in [0.2, 0.25) is 15.1 Å². The van der Waals surface area contributed by atoms with Crippen molar-refractivity contribution in [3.63, 3.8) is 0 Å². The van der Waals surface area contributed by atoms with Crippen LogP contribution < -0.4 is 5.63 Å². The summed E-state index contributed by atoms with van der Waals surface area (Å²) in [6.45, 7) is 1.65. The molecule has 2 aromatic carbocycles. The van der Waals surface area contributed by atoms with Gasteiger partial charge >= 0.3 is 11.6 Å². The zero-order valence-electron chi connectivity index (χ0n) is 12.9. The average Bonchev–Trinajstić information content (AvgIpc) is 2.54. The van der Waals surface area contributed by atoms with E-state index in [9.17, 15) is 9.59 Å². The highest BCUT2D eigenvalue weighted by atomic mass is 35.5. The van der Waals surface area contributed by atoms with Gasteiger partial charge in [-0.15, -0.1) is 0 Å². The van der Waals surface area contributed by atoms with Crippen molar-refractivity contribution < 1.29 is 13.9 Å². The fourth-order valence-electron chi connectivity index (χ4n) is 2.38. The highest BCUT2D eigenvalue weighted by Crippen LogP contribution is 2.27. The fraction of sp³-hybridized carbons (Fsp3) is 0.111. The number of fused-ring (bicyclic) bond motifs is 1. The predicted molar refractivity (Wildman–Crippen MR) is 97.8 cm³/mol. The molecule has 0 saturated heterocycles. The minimum Gasteiger partial charge on any atom is -0.457 e. The molecule has 3 rings (SSSR count). The summed E-state index contributed by atoms with van der Waals surface area (Å²) in [7, 11) is 0. The third-order valence-corrected chi connectivity index (χ3v) is 4.67. The van der Waals surface area contributed by atoms with E-state index >= 15 is 0 Å². The lowest BCUT2D eigenvalue weighted by atomic mass is 10.1. The van der Waals surface area contributed by atoms with Crippen LogP contribution in [0.3, 0.4) is 0 Å². The van der Waals surface area contributed by atoms with Gasteiger partial charge in [0.05, 0.1) is 15.6 Å². The Labute approximate surface area is 157 Å². The summed E-state index contributed by atoms with van der Waals surface area (Å²) in [6, 6.07) is 9.30. The maximum Gasteiger partial charge on any atom is 0.341 e. The van der Waals surface area contributed by atoms with E-state index in [1.165, 1.54) is 6.07 Å². The van der Waals surface area contributed by atoms with Gasteiger partial charge in [0.1, 0.15) is 12.2 Å². The first kappa shape index (κ1) is 17.8. The monoisotopic (exact) mass is 396 g/mol. The first-order valence-electron chi connectivity index (χ1n) is 7.21. The second kappa shape index (κ2) is 7.08. The number of hydrogen-bond acceptors (Lipinski definition) is 4. The lowest BCUT2D eigenvalue weighted by Crippen LogP contribution is -2.09. The first-order valence-corrected chi connectivity index (χ1v) is 8.34. The summed E-state index contributed by atoms with van der Waals surface area (Å²) in [5.41, 5.74) is 1.15. The van der Waals surface area contributed by atoms with Gasteiger partial charge in [0.25, 0.3) is 0 Å². The van der Waals surface area contributed by atoms with Crippen LogP contribution in [0, 0.1) is 6.92 Å². The second-order valence-electron chi connectivity index (χ2n) is 5.36. The maximum absolute atomic E-state index is 12.3.